The third kappa shape index (κ3) is 3.87. The van der Waals surface area contributed by atoms with Crippen molar-refractivity contribution in [1.82, 2.24) is 20.2 Å². The van der Waals surface area contributed by atoms with Gasteiger partial charge in [0.1, 0.15) is 17.7 Å². The number of anilines is 2. The van der Waals surface area contributed by atoms with Crippen molar-refractivity contribution in [2.75, 3.05) is 31.1 Å². The van der Waals surface area contributed by atoms with Crippen LogP contribution in [0.3, 0.4) is 0 Å². The summed E-state index contributed by atoms with van der Waals surface area (Å²) in [5.74, 6) is 1.57. The SMILES string of the molecule is CC1CCc2ncnc(N3CC4(CCNCC4)c4c(C5CCCN5C(=O)OC(C)(C)C)cccc43)c21. The fourth-order valence-electron chi connectivity index (χ4n) is 7.07. The third-order valence-corrected chi connectivity index (χ3v) is 8.67. The topological polar surface area (TPSA) is 70.6 Å². The summed E-state index contributed by atoms with van der Waals surface area (Å²) in [6.07, 6.45) is 7.90. The maximum absolute atomic E-state index is 13.2. The van der Waals surface area contributed by atoms with Crippen molar-refractivity contribution in [1.29, 1.82) is 0 Å². The lowest BCUT2D eigenvalue weighted by molar-refractivity contribution is 0.0223. The van der Waals surface area contributed by atoms with E-state index in [2.05, 4.69) is 40.3 Å². The number of amides is 1. The molecule has 2 fully saturated rings. The second-order valence-electron chi connectivity index (χ2n) is 12.2. The number of aryl methyl sites for hydroxylation is 1. The molecular weight excluding hydrogens is 450 g/mol. The maximum Gasteiger partial charge on any atom is 0.410 e. The Kier molecular flexibility index (Phi) is 5.74. The van der Waals surface area contributed by atoms with Gasteiger partial charge in [0.05, 0.1) is 6.04 Å². The number of hydrogen-bond donors (Lipinski definition) is 1. The Balaban J connectivity index is 1.46. The van der Waals surface area contributed by atoms with Gasteiger partial charge in [-0.3, -0.25) is 0 Å². The van der Waals surface area contributed by atoms with Crippen LogP contribution in [0.2, 0.25) is 0 Å². The van der Waals surface area contributed by atoms with Crippen LogP contribution in [0, 0.1) is 0 Å². The van der Waals surface area contributed by atoms with E-state index in [0.29, 0.717) is 5.92 Å². The van der Waals surface area contributed by atoms with Crippen LogP contribution in [-0.2, 0) is 16.6 Å². The van der Waals surface area contributed by atoms with Crippen LogP contribution >= 0.6 is 0 Å². The van der Waals surface area contributed by atoms with Gasteiger partial charge in [-0.2, -0.15) is 0 Å². The number of benzene rings is 1. The molecule has 2 atom stereocenters. The van der Waals surface area contributed by atoms with Crippen LogP contribution < -0.4 is 10.2 Å². The summed E-state index contributed by atoms with van der Waals surface area (Å²) in [6, 6.07) is 6.78. The number of nitrogens with one attached hydrogen (secondary N) is 1. The molecule has 1 aromatic heterocycles. The number of ether oxygens (including phenoxy) is 1. The molecule has 4 aliphatic rings. The Hall–Kier alpha value is -2.67. The van der Waals surface area contributed by atoms with E-state index in [1.807, 2.05) is 25.7 Å². The highest BCUT2D eigenvalue weighted by Gasteiger charge is 2.48. The zero-order valence-corrected chi connectivity index (χ0v) is 22.1. The summed E-state index contributed by atoms with van der Waals surface area (Å²) in [4.78, 5) is 27.2. The first-order chi connectivity index (χ1) is 17.3. The van der Waals surface area contributed by atoms with E-state index >= 15 is 0 Å². The Morgan fingerprint density at radius 2 is 1.97 bits per heavy atom. The first-order valence-electron chi connectivity index (χ1n) is 13.7. The molecule has 1 amide bonds. The van der Waals surface area contributed by atoms with Crippen molar-refractivity contribution in [2.45, 2.75) is 89.2 Å². The first-order valence-corrected chi connectivity index (χ1v) is 13.7. The predicted octanol–water partition coefficient (Wildman–Crippen LogP) is 5.37. The van der Waals surface area contributed by atoms with E-state index in [1.54, 1.807) is 6.33 Å². The minimum atomic E-state index is -0.500. The van der Waals surface area contributed by atoms with Gasteiger partial charge >= 0.3 is 6.09 Å². The zero-order chi connectivity index (χ0) is 25.1. The Labute approximate surface area is 214 Å². The molecule has 2 unspecified atom stereocenters. The second kappa shape index (κ2) is 8.72. The lowest BCUT2D eigenvalue weighted by Crippen LogP contribution is -2.43. The standard InChI is InChI=1S/C29H39N5O2/c1-19-10-11-21-24(19)26(32-18-31-21)34-17-29(12-14-30-15-13-29)25-20(7-5-8-23(25)34)22-9-6-16-33(22)27(35)36-28(2,3)4/h5,7-8,18-19,22,30H,6,9-17H2,1-4H3. The van der Waals surface area contributed by atoms with Crippen LogP contribution in [0.4, 0.5) is 16.3 Å². The number of fused-ring (bicyclic) bond motifs is 3. The summed E-state index contributed by atoms with van der Waals surface area (Å²) < 4.78 is 5.83. The van der Waals surface area contributed by atoms with Crippen LogP contribution in [0.1, 0.15) is 94.1 Å². The molecule has 0 bridgehead atoms. The number of hydrogen-bond acceptors (Lipinski definition) is 6. The summed E-state index contributed by atoms with van der Waals surface area (Å²) in [5.41, 5.74) is 6.10. The van der Waals surface area contributed by atoms with E-state index in [1.165, 1.54) is 28.1 Å². The molecular formula is C29H39N5O2. The number of nitrogens with zero attached hydrogens (tertiary/aromatic N) is 4. The van der Waals surface area contributed by atoms with Gasteiger partial charge in [-0.25, -0.2) is 14.8 Å². The van der Waals surface area contributed by atoms with Crippen molar-refractivity contribution >= 4 is 17.6 Å². The van der Waals surface area contributed by atoms with Crippen molar-refractivity contribution in [3.8, 4) is 0 Å². The maximum atomic E-state index is 13.2. The molecule has 0 radical (unpaired) electrons. The van der Waals surface area contributed by atoms with Crippen LogP contribution in [0.25, 0.3) is 0 Å². The molecule has 1 N–H and O–H groups in total. The number of likely N-dealkylation sites (tertiary alicyclic amines) is 1. The molecule has 1 aliphatic carbocycles. The van der Waals surface area contributed by atoms with E-state index in [0.717, 1.165) is 70.5 Å². The van der Waals surface area contributed by atoms with Gasteiger partial charge in [0.2, 0.25) is 0 Å². The number of carbonyl (C=O) groups excluding carboxylic acids is 1. The molecule has 36 heavy (non-hydrogen) atoms. The molecule has 2 aromatic rings. The Morgan fingerprint density at radius 1 is 1.17 bits per heavy atom. The summed E-state index contributed by atoms with van der Waals surface area (Å²) in [7, 11) is 0. The molecule has 4 heterocycles. The fraction of sp³-hybridized carbons (Fsp3) is 0.621. The van der Waals surface area contributed by atoms with Gasteiger partial charge in [-0.1, -0.05) is 19.1 Å². The van der Waals surface area contributed by atoms with E-state index in [-0.39, 0.29) is 17.6 Å². The largest absolute Gasteiger partial charge is 0.444 e. The molecule has 7 nitrogen and oxygen atoms in total. The van der Waals surface area contributed by atoms with Gasteiger partial charge in [0.25, 0.3) is 0 Å². The van der Waals surface area contributed by atoms with E-state index < -0.39 is 5.60 Å². The van der Waals surface area contributed by atoms with Crippen LogP contribution in [0.15, 0.2) is 24.5 Å². The lowest BCUT2D eigenvalue weighted by Gasteiger charge is -2.37. The minimum absolute atomic E-state index is 0.0524. The minimum Gasteiger partial charge on any atom is -0.444 e. The van der Waals surface area contributed by atoms with Crippen molar-refractivity contribution in [2.24, 2.45) is 0 Å². The molecule has 0 saturated carbocycles. The van der Waals surface area contributed by atoms with Crippen molar-refractivity contribution in [3.63, 3.8) is 0 Å². The molecule has 7 heteroatoms. The number of piperidine rings is 1. The van der Waals surface area contributed by atoms with Crippen molar-refractivity contribution < 1.29 is 9.53 Å². The Bertz CT molecular complexity index is 1170. The molecule has 1 aromatic carbocycles. The van der Waals surface area contributed by atoms with Crippen LogP contribution in [-0.4, -0.2) is 52.7 Å². The van der Waals surface area contributed by atoms with Gasteiger partial charge < -0.3 is 19.9 Å². The quantitative estimate of drug-likeness (QED) is 0.611. The van der Waals surface area contributed by atoms with Gasteiger partial charge in [0, 0.05) is 35.4 Å². The van der Waals surface area contributed by atoms with Gasteiger partial charge in [-0.15, -0.1) is 0 Å². The average molecular weight is 490 g/mol. The highest BCUT2D eigenvalue weighted by molar-refractivity contribution is 5.76. The summed E-state index contributed by atoms with van der Waals surface area (Å²) in [6.45, 7) is 11.9. The zero-order valence-electron chi connectivity index (χ0n) is 22.1. The number of carbonyl (C=O) groups is 1. The molecule has 3 aliphatic heterocycles. The molecule has 6 rings (SSSR count). The smallest absolute Gasteiger partial charge is 0.410 e. The third-order valence-electron chi connectivity index (χ3n) is 8.67. The number of rotatable bonds is 2. The predicted molar refractivity (Wildman–Crippen MR) is 141 cm³/mol. The van der Waals surface area contributed by atoms with E-state index in [4.69, 9.17) is 9.72 Å². The van der Waals surface area contributed by atoms with Gasteiger partial charge in [-0.05, 0) is 95.5 Å². The summed E-state index contributed by atoms with van der Waals surface area (Å²) in [5, 5.41) is 3.58. The summed E-state index contributed by atoms with van der Waals surface area (Å²) >= 11 is 0. The van der Waals surface area contributed by atoms with E-state index in [9.17, 15) is 4.79 Å². The normalized spacial score (nSPS) is 24.8. The van der Waals surface area contributed by atoms with Gasteiger partial charge in [0.15, 0.2) is 0 Å². The first kappa shape index (κ1) is 23.7. The van der Waals surface area contributed by atoms with Crippen molar-refractivity contribution in [3.05, 3.63) is 46.9 Å². The Morgan fingerprint density at radius 3 is 2.75 bits per heavy atom. The monoisotopic (exact) mass is 489 g/mol. The average Bonchev–Trinajstić information content (AvgIpc) is 3.56. The fourth-order valence-corrected chi connectivity index (χ4v) is 7.07. The second-order valence-corrected chi connectivity index (χ2v) is 12.2. The molecule has 1 spiro atoms. The lowest BCUT2D eigenvalue weighted by atomic mass is 9.72. The molecule has 2 saturated heterocycles. The highest BCUT2D eigenvalue weighted by Crippen LogP contribution is 2.54. The molecule has 192 valence electrons. The van der Waals surface area contributed by atoms with Crippen LogP contribution in [0.5, 0.6) is 0 Å². The highest BCUT2D eigenvalue weighted by atomic mass is 16.6. The number of aromatic nitrogens is 2.